The van der Waals surface area contributed by atoms with Gasteiger partial charge in [-0.15, -0.1) is 0 Å². The van der Waals surface area contributed by atoms with Gasteiger partial charge >= 0.3 is 0 Å². The van der Waals surface area contributed by atoms with Gasteiger partial charge in [-0.05, 0) is 42.9 Å². The van der Waals surface area contributed by atoms with Gasteiger partial charge in [-0.1, -0.05) is 19.9 Å². The topological polar surface area (TPSA) is 58.4 Å². The molecular formula is C16H25N3O. The third-order valence-corrected chi connectivity index (χ3v) is 3.96. The van der Waals surface area contributed by atoms with E-state index in [1.165, 1.54) is 6.42 Å². The first kappa shape index (κ1) is 14.9. The van der Waals surface area contributed by atoms with Crippen LogP contribution < -0.4 is 11.1 Å². The molecule has 2 rings (SSSR count). The lowest BCUT2D eigenvalue weighted by Crippen LogP contribution is -2.42. The highest BCUT2D eigenvalue weighted by Gasteiger charge is 2.23. The van der Waals surface area contributed by atoms with Gasteiger partial charge in [0.15, 0.2) is 0 Å². The van der Waals surface area contributed by atoms with E-state index in [1.807, 2.05) is 25.1 Å². The second-order valence-corrected chi connectivity index (χ2v) is 6.21. The molecule has 4 heteroatoms. The van der Waals surface area contributed by atoms with Crippen LogP contribution in [0.15, 0.2) is 18.2 Å². The molecule has 2 atom stereocenters. The summed E-state index contributed by atoms with van der Waals surface area (Å²) in [5.74, 6) is 1.38. The number of nitrogens with two attached hydrogens (primary N) is 1. The van der Waals surface area contributed by atoms with Crippen LogP contribution in [0.25, 0.3) is 0 Å². The third kappa shape index (κ3) is 3.73. The minimum atomic E-state index is 0.0417. The van der Waals surface area contributed by atoms with Gasteiger partial charge < -0.3 is 11.1 Å². The number of nitrogens with one attached hydrogen (secondary N) is 1. The molecule has 1 aromatic rings. The third-order valence-electron chi connectivity index (χ3n) is 3.96. The van der Waals surface area contributed by atoms with Crippen molar-refractivity contribution in [3.8, 4) is 0 Å². The molecule has 1 heterocycles. The SMILES string of the molecule is Cc1c(N)cccc1NC(=O)CN1CC(C)CC(C)C1. The van der Waals surface area contributed by atoms with Gasteiger partial charge in [0.1, 0.15) is 0 Å². The minimum Gasteiger partial charge on any atom is -0.398 e. The average molecular weight is 275 g/mol. The molecule has 4 nitrogen and oxygen atoms in total. The maximum Gasteiger partial charge on any atom is 0.238 e. The standard InChI is InChI=1S/C16H25N3O/c1-11-7-12(2)9-19(8-11)10-16(20)18-15-6-4-5-14(17)13(15)3/h4-6,11-12H,7-10,17H2,1-3H3,(H,18,20). The lowest BCUT2D eigenvalue weighted by Gasteiger charge is -2.34. The Hall–Kier alpha value is -1.55. The van der Waals surface area contributed by atoms with E-state index in [9.17, 15) is 4.79 Å². The van der Waals surface area contributed by atoms with Gasteiger partial charge in [0, 0.05) is 24.5 Å². The Morgan fingerprint density at radius 3 is 2.65 bits per heavy atom. The molecule has 1 saturated heterocycles. The van der Waals surface area contributed by atoms with E-state index >= 15 is 0 Å². The summed E-state index contributed by atoms with van der Waals surface area (Å²) < 4.78 is 0. The Balaban J connectivity index is 1.94. The molecular weight excluding hydrogens is 250 g/mol. The van der Waals surface area contributed by atoms with Crippen LogP contribution in [0.2, 0.25) is 0 Å². The molecule has 1 aromatic carbocycles. The van der Waals surface area contributed by atoms with Gasteiger partial charge in [0.05, 0.1) is 6.54 Å². The molecule has 0 aliphatic carbocycles. The fourth-order valence-electron chi connectivity index (χ4n) is 3.10. The first-order valence-corrected chi connectivity index (χ1v) is 7.33. The molecule has 0 aromatic heterocycles. The average Bonchev–Trinajstić information content (AvgIpc) is 2.33. The lowest BCUT2D eigenvalue weighted by atomic mass is 9.92. The summed E-state index contributed by atoms with van der Waals surface area (Å²) in [6.45, 7) is 8.91. The Morgan fingerprint density at radius 2 is 2.00 bits per heavy atom. The summed E-state index contributed by atoms with van der Waals surface area (Å²) in [7, 11) is 0. The molecule has 1 fully saturated rings. The molecule has 3 N–H and O–H groups in total. The lowest BCUT2D eigenvalue weighted by molar-refractivity contribution is -0.117. The van der Waals surface area contributed by atoms with Gasteiger partial charge in [-0.3, -0.25) is 9.69 Å². The van der Waals surface area contributed by atoms with Crippen molar-refractivity contribution in [1.82, 2.24) is 4.90 Å². The molecule has 2 unspecified atom stereocenters. The second kappa shape index (κ2) is 6.27. The maximum absolute atomic E-state index is 12.2. The molecule has 0 bridgehead atoms. The highest BCUT2D eigenvalue weighted by molar-refractivity contribution is 5.93. The fourth-order valence-corrected chi connectivity index (χ4v) is 3.10. The van der Waals surface area contributed by atoms with E-state index in [2.05, 4.69) is 24.1 Å². The number of likely N-dealkylation sites (tertiary alicyclic amines) is 1. The van der Waals surface area contributed by atoms with Crippen LogP contribution in [0.3, 0.4) is 0 Å². The molecule has 1 aliphatic rings. The minimum absolute atomic E-state index is 0.0417. The van der Waals surface area contributed by atoms with Crippen molar-refractivity contribution in [2.45, 2.75) is 27.2 Å². The second-order valence-electron chi connectivity index (χ2n) is 6.21. The Bertz CT molecular complexity index is 477. The van der Waals surface area contributed by atoms with Crippen molar-refractivity contribution in [1.29, 1.82) is 0 Å². The maximum atomic E-state index is 12.2. The zero-order valence-electron chi connectivity index (χ0n) is 12.6. The van der Waals surface area contributed by atoms with E-state index in [0.29, 0.717) is 24.1 Å². The molecule has 20 heavy (non-hydrogen) atoms. The Kier molecular flexibility index (Phi) is 4.65. The van der Waals surface area contributed by atoms with Crippen LogP contribution in [-0.4, -0.2) is 30.4 Å². The number of hydrogen-bond donors (Lipinski definition) is 2. The monoisotopic (exact) mass is 275 g/mol. The van der Waals surface area contributed by atoms with Crippen molar-refractivity contribution in [3.63, 3.8) is 0 Å². The number of amides is 1. The number of nitrogen functional groups attached to an aromatic ring is 1. The number of benzene rings is 1. The van der Waals surface area contributed by atoms with Crippen molar-refractivity contribution in [2.24, 2.45) is 11.8 Å². The van der Waals surface area contributed by atoms with E-state index in [4.69, 9.17) is 5.73 Å². The van der Waals surface area contributed by atoms with Gasteiger partial charge in [0.25, 0.3) is 0 Å². The van der Waals surface area contributed by atoms with E-state index < -0.39 is 0 Å². The van der Waals surface area contributed by atoms with Crippen LogP contribution in [0.4, 0.5) is 11.4 Å². The van der Waals surface area contributed by atoms with E-state index in [0.717, 1.165) is 24.3 Å². The highest BCUT2D eigenvalue weighted by atomic mass is 16.2. The predicted octanol–water partition coefficient (Wildman–Crippen LogP) is 2.49. The quantitative estimate of drug-likeness (QED) is 0.833. The summed E-state index contributed by atoms with van der Waals surface area (Å²) in [6, 6.07) is 5.60. The van der Waals surface area contributed by atoms with Crippen LogP contribution >= 0.6 is 0 Å². The molecule has 0 radical (unpaired) electrons. The Morgan fingerprint density at radius 1 is 1.35 bits per heavy atom. The van der Waals surface area contributed by atoms with Crippen molar-refractivity contribution in [2.75, 3.05) is 30.7 Å². The van der Waals surface area contributed by atoms with Gasteiger partial charge in [-0.2, -0.15) is 0 Å². The summed E-state index contributed by atoms with van der Waals surface area (Å²) in [5.41, 5.74) is 8.31. The highest BCUT2D eigenvalue weighted by Crippen LogP contribution is 2.22. The molecule has 110 valence electrons. The summed E-state index contributed by atoms with van der Waals surface area (Å²) in [5, 5.41) is 2.97. The number of carbonyl (C=O) groups excluding carboxylic acids is 1. The van der Waals surface area contributed by atoms with E-state index in [-0.39, 0.29) is 5.91 Å². The van der Waals surface area contributed by atoms with Crippen molar-refractivity contribution >= 4 is 17.3 Å². The molecule has 1 aliphatic heterocycles. The van der Waals surface area contributed by atoms with Crippen molar-refractivity contribution < 1.29 is 4.79 Å². The van der Waals surface area contributed by atoms with Crippen LogP contribution in [-0.2, 0) is 4.79 Å². The van der Waals surface area contributed by atoms with E-state index in [1.54, 1.807) is 0 Å². The summed E-state index contributed by atoms with van der Waals surface area (Å²) >= 11 is 0. The zero-order chi connectivity index (χ0) is 14.7. The van der Waals surface area contributed by atoms with Crippen LogP contribution in [0.5, 0.6) is 0 Å². The fraction of sp³-hybridized carbons (Fsp3) is 0.562. The number of anilines is 2. The smallest absolute Gasteiger partial charge is 0.238 e. The first-order valence-electron chi connectivity index (χ1n) is 7.33. The largest absolute Gasteiger partial charge is 0.398 e. The normalized spacial score (nSPS) is 23.6. The zero-order valence-corrected chi connectivity index (χ0v) is 12.6. The predicted molar refractivity (Wildman–Crippen MR) is 83.6 cm³/mol. The van der Waals surface area contributed by atoms with Crippen LogP contribution in [0, 0.1) is 18.8 Å². The first-order chi connectivity index (χ1) is 9.45. The number of nitrogens with zero attached hydrogens (tertiary/aromatic N) is 1. The Labute approximate surface area is 121 Å². The van der Waals surface area contributed by atoms with Gasteiger partial charge in [-0.25, -0.2) is 0 Å². The summed E-state index contributed by atoms with van der Waals surface area (Å²) in [4.78, 5) is 14.4. The molecule has 1 amide bonds. The van der Waals surface area contributed by atoms with Crippen molar-refractivity contribution in [3.05, 3.63) is 23.8 Å². The summed E-state index contributed by atoms with van der Waals surface area (Å²) in [6.07, 6.45) is 1.26. The molecule has 0 saturated carbocycles. The van der Waals surface area contributed by atoms with Gasteiger partial charge in [0.2, 0.25) is 5.91 Å². The number of rotatable bonds is 3. The number of piperidine rings is 1. The number of hydrogen-bond acceptors (Lipinski definition) is 3. The number of carbonyl (C=O) groups is 1. The molecule has 0 spiro atoms. The van der Waals surface area contributed by atoms with Crippen LogP contribution in [0.1, 0.15) is 25.8 Å².